The van der Waals surface area contributed by atoms with Crippen LogP contribution in [0, 0.1) is 37.8 Å². The largest absolute Gasteiger partial charge is 0.398 e. The number of hydrogen-bond donors (Lipinski definition) is 1. The second kappa shape index (κ2) is 6.49. The van der Waals surface area contributed by atoms with Gasteiger partial charge in [0.1, 0.15) is 0 Å². The van der Waals surface area contributed by atoms with Crippen LogP contribution in [0.5, 0.6) is 0 Å². The quantitative estimate of drug-likeness (QED) is 0.389. The van der Waals surface area contributed by atoms with E-state index in [0.29, 0.717) is 11.4 Å². The van der Waals surface area contributed by atoms with Crippen LogP contribution in [0.25, 0.3) is 0 Å². The third-order valence-electron chi connectivity index (χ3n) is 4.32. The average molecular weight is 348 g/mol. The second-order valence-electron chi connectivity index (χ2n) is 5.66. The highest BCUT2D eigenvalue weighted by Gasteiger charge is 2.24. The smallest absolute Gasteiger partial charge is 0.273 e. The molecule has 2 N–H and O–H groups in total. The topological polar surface area (TPSA) is 89.5 Å². The standard InChI is InChI=1S/C17H18ClN3O3/c1-9-11(3)16(12(4)10(2)15(9)19)20(18)17(22)13-6-5-7-14(8-13)21(23)24/h5-8H,19H2,1-4H3. The highest BCUT2D eigenvalue weighted by atomic mass is 35.5. The van der Waals surface area contributed by atoms with Gasteiger partial charge in [0.05, 0.1) is 10.6 Å². The number of benzene rings is 2. The zero-order chi connectivity index (χ0) is 18.2. The van der Waals surface area contributed by atoms with E-state index in [1.54, 1.807) is 0 Å². The molecule has 0 spiro atoms. The Kier molecular flexibility index (Phi) is 4.80. The lowest BCUT2D eigenvalue weighted by Crippen LogP contribution is -2.23. The van der Waals surface area contributed by atoms with Crippen molar-refractivity contribution >= 4 is 34.7 Å². The molecule has 1 amide bonds. The average Bonchev–Trinajstić information content (AvgIpc) is 2.57. The van der Waals surface area contributed by atoms with Gasteiger partial charge >= 0.3 is 0 Å². The molecule has 126 valence electrons. The molecule has 0 bridgehead atoms. The molecular weight excluding hydrogens is 330 g/mol. The molecule has 0 fully saturated rings. The summed E-state index contributed by atoms with van der Waals surface area (Å²) < 4.78 is 1.00. The third-order valence-corrected chi connectivity index (χ3v) is 4.64. The maximum Gasteiger partial charge on any atom is 0.273 e. The van der Waals surface area contributed by atoms with Gasteiger partial charge in [0.25, 0.3) is 11.6 Å². The number of amides is 1. The normalized spacial score (nSPS) is 10.5. The minimum absolute atomic E-state index is 0.144. The number of non-ortho nitro benzene ring substituents is 1. The van der Waals surface area contributed by atoms with E-state index in [0.717, 1.165) is 26.7 Å². The molecule has 0 radical (unpaired) electrons. The summed E-state index contributed by atoms with van der Waals surface area (Å²) in [5.74, 6) is -0.532. The monoisotopic (exact) mass is 347 g/mol. The predicted octanol–water partition coefficient (Wildman–Crippen LogP) is 4.21. The van der Waals surface area contributed by atoms with Crippen LogP contribution >= 0.6 is 11.8 Å². The molecule has 0 aliphatic rings. The Morgan fingerprint density at radius 3 is 2.17 bits per heavy atom. The van der Waals surface area contributed by atoms with Gasteiger partial charge in [-0.15, -0.1) is 0 Å². The molecule has 2 aromatic carbocycles. The van der Waals surface area contributed by atoms with Crippen LogP contribution in [0.4, 0.5) is 17.1 Å². The summed E-state index contributed by atoms with van der Waals surface area (Å²) in [5, 5.41) is 10.9. The Bertz CT molecular complexity index is 820. The van der Waals surface area contributed by atoms with Crippen molar-refractivity contribution in [1.29, 1.82) is 0 Å². The third kappa shape index (κ3) is 2.92. The van der Waals surface area contributed by atoms with Crippen molar-refractivity contribution in [1.82, 2.24) is 0 Å². The van der Waals surface area contributed by atoms with Gasteiger partial charge in [-0.25, -0.2) is 4.42 Å². The van der Waals surface area contributed by atoms with Gasteiger partial charge in [0.2, 0.25) is 0 Å². The Morgan fingerprint density at radius 1 is 1.12 bits per heavy atom. The van der Waals surface area contributed by atoms with Crippen LogP contribution in [-0.2, 0) is 0 Å². The first kappa shape index (κ1) is 17.7. The molecule has 0 aromatic heterocycles. The minimum atomic E-state index is -0.552. The van der Waals surface area contributed by atoms with Crippen molar-refractivity contribution in [2.45, 2.75) is 27.7 Å². The zero-order valence-electron chi connectivity index (χ0n) is 13.9. The summed E-state index contributed by atoms with van der Waals surface area (Å²) in [6.45, 7) is 7.40. The Balaban J connectivity index is 2.53. The summed E-state index contributed by atoms with van der Waals surface area (Å²) >= 11 is 6.30. The number of carbonyl (C=O) groups is 1. The number of nitro groups is 1. The summed E-state index contributed by atoms with van der Waals surface area (Å²) in [6.07, 6.45) is 0. The van der Waals surface area contributed by atoms with Gasteiger partial charge in [-0.3, -0.25) is 14.9 Å². The van der Waals surface area contributed by atoms with Crippen molar-refractivity contribution in [2.24, 2.45) is 0 Å². The number of nitro benzene ring substituents is 1. The van der Waals surface area contributed by atoms with Crippen LogP contribution in [0.3, 0.4) is 0 Å². The van der Waals surface area contributed by atoms with Crippen LogP contribution < -0.4 is 10.2 Å². The van der Waals surface area contributed by atoms with E-state index in [4.69, 9.17) is 17.5 Å². The highest BCUT2D eigenvalue weighted by molar-refractivity contribution is 6.39. The maximum atomic E-state index is 12.7. The van der Waals surface area contributed by atoms with Gasteiger partial charge in [-0.2, -0.15) is 0 Å². The van der Waals surface area contributed by atoms with Crippen molar-refractivity contribution in [3.63, 3.8) is 0 Å². The highest BCUT2D eigenvalue weighted by Crippen LogP contribution is 2.36. The molecule has 0 unspecified atom stereocenters. The molecule has 0 saturated carbocycles. The Hall–Kier alpha value is -2.60. The van der Waals surface area contributed by atoms with Crippen molar-refractivity contribution < 1.29 is 9.72 Å². The van der Waals surface area contributed by atoms with Crippen LogP contribution in [0.2, 0.25) is 0 Å². The number of nitrogens with zero attached hydrogens (tertiary/aromatic N) is 2. The summed E-state index contributed by atoms with van der Waals surface area (Å²) in [4.78, 5) is 23.0. The van der Waals surface area contributed by atoms with Crippen LogP contribution in [-0.4, -0.2) is 10.8 Å². The van der Waals surface area contributed by atoms with Gasteiger partial charge in [0, 0.05) is 35.2 Å². The number of anilines is 2. The van der Waals surface area contributed by atoms with Gasteiger partial charge < -0.3 is 5.73 Å². The first-order valence-corrected chi connectivity index (χ1v) is 7.61. The molecule has 0 aliphatic carbocycles. The van der Waals surface area contributed by atoms with E-state index in [9.17, 15) is 14.9 Å². The molecule has 0 saturated heterocycles. The lowest BCUT2D eigenvalue weighted by Gasteiger charge is -2.23. The van der Waals surface area contributed by atoms with E-state index in [2.05, 4.69) is 0 Å². The molecule has 0 aliphatic heterocycles. The molecule has 7 heteroatoms. The molecular formula is C17H18ClN3O3. The first-order chi connectivity index (χ1) is 11.2. The Labute approximate surface area is 145 Å². The number of nitrogens with two attached hydrogens (primary N) is 1. The number of nitrogen functional groups attached to an aromatic ring is 1. The number of halogens is 1. The molecule has 2 aromatic rings. The van der Waals surface area contributed by atoms with Crippen molar-refractivity contribution in [3.05, 3.63) is 62.2 Å². The lowest BCUT2D eigenvalue weighted by atomic mass is 9.96. The lowest BCUT2D eigenvalue weighted by molar-refractivity contribution is -0.384. The van der Waals surface area contributed by atoms with E-state index >= 15 is 0 Å². The fourth-order valence-electron chi connectivity index (χ4n) is 2.58. The van der Waals surface area contributed by atoms with E-state index < -0.39 is 10.8 Å². The van der Waals surface area contributed by atoms with E-state index in [-0.39, 0.29) is 11.3 Å². The van der Waals surface area contributed by atoms with Gasteiger partial charge in [0.15, 0.2) is 0 Å². The van der Waals surface area contributed by atoms with Crippen LogP contribution in [0.1, 0.15) is 32.6 Å². The summed E-state index contributed by atoms with van der Waals surface area (Å²) in [6, 6.07) is 5.48. The second-order valence-corrected chi connectivity index (χ2v) is 5.99. The van der Waals surface area contributed by atoms with Crippen molar-refractivity contribution in [3.8, 4) is 0 Å². The molecule has 2 rings (SSSR count). The molecule has 6 nitrogen and oxygen atoms in total. The van der Waals surface area contributed by atoms with Crippen LogP contribution in [0.15, 0.2) is 24.3 Å². The fraction of sp³-hybridized carbons (Fsp3) is 0.235. The predicted molar refractivity (Wildman–Crippen MR) is 95.6 cm³/mol. The first-order valence-electron chi connectivity index (χ1n) is 7.27. The summed E-state index contributed by atoms with van der Waals surface area (Å²) in [5.41, 5.74) is 10.6. The summed E-state index contributed by atoms with van der Waals surface area (Å²) in [7, 11) is 0. The number of carbonyl (C=O) groups excluding carboxylic acids is 1. The SMILES string of the molecule is Cc1c(C)c(N(Cl)C(=O)c2cccc([N+](=O)[O-])c2)c(C)c(C)c1N. The number of rotatable bonds is 3. The fourth-order valence-corrected chi connectivity index (χ4v) is 2.93. The molecule has 24 heavy (non-hydrogen) atoms. The number of hydrogen-bond acceptors (Lipinski definition) is 4. The minimum Gasteiger partial charge on any atom is -0.398 e. The van der Waals surface area contributed by atoms with Crippen molar-refractivity contribution in [2.75, 3.05) is 10.2 Å². The molecule has 0 heterocycles. The van der Waals surface area contributed by atoms with Gasteiger partial charge in [-0.1, -0.05) is 6.07 Å². The van der Waals surface area contributed by atoms with E-state index in [1.165, 1.54) is 24.3 Å². The van der Waals surface area contributed by atoms with Gasteiger partial charge in [-0.05, 0) is 56.0 Å². The zero-order valence-corrected chi connectivity index (χ0v) is 14.6. The Morgan fingerprint density at radius 2 is 1.67 bits per heavy atom. The maximum absolute atomic E-state index is 12.7. The van der Waals surface area contributed by atoms with E-state index in [1.807, 2.05) is 27.7 Å². The molecule has 0 atom stereocenters.